The number of hydrogen-bond donors (Lipinski definition) is 1. The van der Waals surface area contributed by atoms with E-state index in [9.17, 15) is 0 Å². The molecule has 2 rings (SSSR count). The van der Waals surface area contributed by atoms with Crippen LogP contribution in [-0.4, -0.2) is 13.1 Å². The molecule has 1 aromatic rings. The highest BCUT2D eigenvalue weighted by atomic mass is 79.9. The summed E-state index contributed by atoms with van der Waals surface area (Å²) in [6.07, 6.45) is 6.78. The van der Waals surface area contributed by atoms with Crippen molar-refractivity contribution in [2.75, 3.05) is 11.9 Å². The summed E-state index contributed by atoms with van der Waals surface area (Å²) in [5.41, 5.74) is 8.41. The Kier molecular flexibility index (Phi) is 4.68. The molecule has 2 nitrogen and oxygen atoms in total. The van der Waals surface area contributed by atoms with Crippen LogP contribution in [0.25, 0.3) is 0 Å². The van der Waals surface area contributed by atoms with Crippen molar-refractivity contribution in [3.63, 3.8) is 0 Å². The Labute approximate surface area is 119 Å². The van der Waals surface area contributed by atoms with E-state index >= 15 is 0 Å². The molecule has 3 heteroatoms. The van der Waals surface area contributed by atoms with Crippen molar-refractivity contribution >= 4 is 21.6 Å². The van der Waals surface area contributed by atoms with Crippen molar-refractivity contribution in [2.45, 2.75) is 51.1 Å². The molecule has 0 aromatic heterocycles. The summed E-state index contributed by atoms with van der Waals surface area (Å²) in [5, 5.41) is 0. The summed E-state index contributed by atoms with van der Waals surface area (Å²) in [7, 11) is 2.21. The third-order valence-corrected chi connectivity index (χ3v) is 4.69. The molecule has 1 fully saturated rings. The van der Waals surface area contributed by atoms with Crippen molar-refractivity contribution in [2.24, 2.45) is 5.73 Å². The first-order valence-electron chi connectivity index (χ1n) is 6.87. The van der Waals surface area contributed by atoms with E-state index in [1.807, 2.05) is 6.92 Å². The van der Waals surface area contributed by atoms with Gasteiger partial charge in [0, 0.05) is 29.3 Å². The largest absolute Gasteiger partial charge is 0.372 e. The van der Waals surface area contributed by atoms with Gasteiger partial charge in [0.05, 0.1) is 0 Å². The maximum absolute atomic E-state index is 5.94. The van der Waals surface area contributed by atoms with Gasteiger partial charge in [0.2, 0.25) is 0 Å². The fourth-order valence-corrected chi connectivity index (χ4v) is 3.51. The van der Waals surface area contributed by atoms with Gasteiger partial charge in [0.15, 0.2) is 0 Å². The Balaban J connectivity index is 2.15. The number of nitrogens with two attached hydrogens (primary N) is 1. The van der Waals surface area contributed by atoms with Crippen molar-refractivity contribution in [1.82, 2.24) is 0 Å². The molecule has 0 spiro atoms. The summed E-state index contributed by atoms with van der Waals surface area (Å²) in [6, 6.07) is 7.31. The van der Waals surface area contributed by atoms with E-state index in [4.69, 9.17) is 5.73 Å². The quantitative estimate of drug-likeness (QED) is 0.905. The maximum atomic E-state index is 5.94. The van der Waals surface area contributed by atoms with Crippen LogP contribution in [0.3, 0.4) is 0 Å². The van der Waals surface area contributed by atoms with E-state index in [1.54, 1.807) is 0 Å². The van der Waals surface area contributed by atoms with E-state index in [1.165, 1.54) is 43.4 Å². The first-order chi connectivity index (χ1) is 8.59. The zero-order valence-electron chi connectivity index (χ0n) is 11.3. The van der Waals surface area contributed by atoms with Gasteiger partial charge in [0.25, 0.3) is 0 Å². The summed E-state index contributed by atoms with van der Waals surface area (Å²) < 4.78 is 1.12. The molecule has 0 aliphatic heterocycles. The second-order valence-electron chi connectivity index (χ2n) is 5.40. The smallest absolute Gasteiger partial charge is 0.0377 e. The molecular formula is C15H23BrN2. The van der Waals surface area contributed by atoms with Gasteiger partial charge in [-0.2, -0.15) is 0 Å². The summed E-state index contributed by atoms with van der Waals surface area (Å²) in [4.78, 5) is 2.43. The third kappa shape index (κ3) is 3.07. The lowest BCUT2D eigenvalue weighted by atomic mass is 9.94. The topological polar surface area (TPSA) is 29.3 Å². The van der Waals surface area contributed by atoms with Gasteiger partial charge in [0.1, 0.15) is 0 Å². The monoisotopic (exact) mass is 310 g/mol. The lowest BCUT2D eigenvalue weighted by molar-refractivity contribution is 0.427. The van der Waals surface area contributed by atoms with Gasteiger partial charge in [-0.05, 0) is 37.5 Å². The Hall–Kier alpha value is -0.540. The molecule has 0 heterocycles. The molecule has 0 bridgehead atoms. The number of hydrogen-bond acceptors (Lipinski definition) is 2. The molecule has 0 amide bonds. The van der Waals surface area contributed by atoms with Gasteiger partial charge < -0.3 is 10.6 Å². The lowest BCUT2D eigenvalue weighted by Crippen LogP contribution is -2.33. The standard InChI is InChI=1S/C15H23BrN2/c1-11(17)14-9-8-13(10-15(14)16)18(2)12-6-4-3-5-7-12/h8-12H,3-7,17H2,1-2H3/t11-/m0/s1. The number of nitrogens with zero attached hydrogens (tertiary/aromatic N) is 1. The molecule has 2 N–H and O–H groups in total. The fraction of sp³-hybridized carbons (Fsp3) is 0.600. The number of halogens is 1. The highest BCUT2D eigenvalue weighted by Crippen LogP contribution is 2.30. The third-order valence-electron chi connectivity index (χ3n) is 4.00. The van der Waals surface area contributed by atoms with Crippen LogP contribution in [0.1, 0.15) is 50.6 Å². The summed E-state index contributed by atoms with van der Waals surface area (Å²) in [5.74, 6) is 0. The molecule has 1 aliphatic rings. The van der Waals surface area contributed by atoms with Gasteiger partial charge in [-0.3, -0.25) is 0 Å². The van der Waals surface area contributed by atoms with E-state index in [0.29, 0.717) is 6.04 Å². The van der Waals surface area contributed by atoms with E-state index < -0.39 is 0 Å². The van der Waals surface area contributed by atoms with E-state index in [0.717, 1.165) is 4.47 Å². The van der Waals surface area contributed by atoms with Crippen LogP contribution < -0.4 is 10.6 Å². The van der Waals surface area contributed by atoms with Crippen LogP contribution in [0.5, 0.6) is 0 Å². The second-order valence-corrected chi connectivity index (χ2v) is 6.25. The SMILES string of the molecule is C[C@H](N)c1ccc(N(C)C2CCCCC2)cc1Br. The van der Waals surface area contributed by atoms with Crippen LogP contribution in [0.15, 0.2) is 22.7 Å². The molecule has 1 saturated carbocycles. The van der Waals surface area contributed by atoms with Crippen LogP contribution in [-0.2, 0) is 0 Å². The minimum absolute atomic E-state index is 0.0772. The first kappa shape index (κ1) is 13.9. The number of rotatable bonds is 3. The number of anilines is 1. The molecule has 0 saturated heterocycles. The average molecular weight is 311 g/mol. The molecule has 100 valence electrons. The van der Waals surface area contributed by atoms with Crippen molar-refractivity contribution in [3.8, 4) is 0 Å². The molecule has 0 radical (unpaired) electrons. The predicted molar refractivity (Wildman–Crippen MR) is 82.0 cm³/mol. The average Bonchev–Trinajstić information content (AvgIpc) is 2.38. The van der Waals surface area contributed by atoms with Crippen molar-refractivity contribution in [3.05, 3.63) is 28.2 Å². The van der Waals surface area contributed by atoms with E-state index in [2.05, 4.69) is 46.1 Å². The molecule has 18 heavy (non-hydrogen) atoms. The molecule has 1 atom stereocenters. The molecular weight excluding hydrogens is 288 g/mol. The minimum Gasteiger partial charge on any atom is -0.372 e. The van der Waals surface area contributed by atoms with Crippen LogP contribution in [0.4, 0.5) is 5.69 Å². The second kappa shape index (κ2) is 6.07. The van der Waals surface area contributed by atoms with Crippen LogP contribution in [0.2, 0.25) is 0 Å². The molecule has 0 unspecified atom stereocenters. The van der Waals surface area contributed by atoms with Crippen molar-refractivity contribution in [1.29, 1.82) is 0 Å². The van der Waals surface area contributed by atoms with Gasteiger partial charge in [-0.15, -0.1) is 0 Å². The molecule has 1 aliphatic carbocycles. The Morgan fingerprint density at radius 2 is 1.94 bits per heavy atom. The van der Waals surface area contributed by atoms with Crippen molar-refractivity contribution < 1.29 is 0 Å². The van der Waals surface area contributed by atoms with Gasteiger partial charge in [-0.25, -0.2) is 0 Å². The maximum Gasteiger partial charge on any atom is 0.0377 e. The number of benzene rings is 1. The van der Waals surface area contributed by atoms with Gasteiger partial charge in [-0.1, -0.05) is 41.3 Å². The fourth-order valence-electron chi connectivity index (χ4n) is 2.78. The van der Waals surface area contributed by atoms with Crippen LogP contribution in [0, 0.1) is 0 Å². The van der Waals surface area contributed by atoms with Crippen LogP contribution >= 0.6 is 15.9 Å². The Morgan fingerprint density at radius 3 is 2.50 bits per heavy atom. The predicted octanol–water partition coefficient (Wildman–Crippen LogP) is 4.24. The molecule has 1 aromatic carbocycles. The first-order valence-corrected chi connectivity index (χ1v) is 7.66. The van der Waals surface area contributed by atoms with E-state index in [-0.39, 0.29) is 6.04 Å². The lowest BCUT2D eigenvalue weighted by Gasteiger charge is -2.33. The summed E-state index contributed by atoms with van der Waals surface area (Å²) >= 11 is 3.63. The Bertz CT molecular complexity index is 397. The van der Waals surface area contributed by atoms with Gasteiger partial charge >= 0.3 is 0 Å². The summed E-state index contributed by atoms with van der Waals surface area (Å²) in [6.45, 7) is 2.02. The highest BCUT2D eigenvalue weighted by Gasteiger charge is 2.19. The zero-order valence-corrected chi connectivity index (χ0v) is 12.9. The Morgan fingerprint density at radius 1 is 1.28 bits per heavy atom. The highest BCUT2D eigenvalue weighted by molar-refractivity contribution is 9.10. The normalized spacial score (nSPS) is 18.7. The zero-order chi connectivity index (χ0) is 13.1. The minimum atomic E-state index is 0.0772.